The van der Waals surface area contributed by atoms with Crippen LogP contribution in [-0.4, -0.2) is 19.0 Å². The van der Waals surface area contributed by atoms with Gasteiger partial charge in [0.05, 0.1) is 17.9 Å². The number of nitrogens with one attached hydrogen (secondary N) is 1. The molecule has 1 aliphatic heterocycles. The molecule has 1 amide bonds. The van der Waals surface area contributed by atoms with Crippen LogP contribution < -0.4 is 10.2 Å². The molecule has 1 aromatic rings. The number of nitrogens with zero attached hydrogens (tertiary/aromatic N) is 1. The molecule has 0 radical (unpaired) electrons. The highest BCUT2D eigenvalue weighted by molar-refractivity contribution is 6.01. The molecule has 3 rings (SSSR count). The number of anilines is 2. The highest BCUT2D eigenvalue weighted by Gasteiger charge is 2.29. The molecule has 0 saturated heterocycles. The van der Waals surface area contributed by atoms with Crippen LogP contribution in [0, 0.1) is 12.8 Å². The maximum absolute atomic E-state index is 11.6. The molecule has 16 heavy (non-hydrogen) atoms. The summed E-state index contributed by atoms with van der Waals surface area (Å²) in [5.74, 6) is 0.914. The Balaban J connectivity index is 1.97. The molecule has 1 saturated carbocycles. The number of carbonyl (C=O) groups is 1. The number of hydrogen-bond acceptors (Lipinski definition) is 2. The SMILES string of the molecule is Cc1cccc2c1N(CC1CC1)CC(=O)N2. The van der Waals surface area contributed by atoms with Crippen LogP contribution >= 0.6 is 0 Å². The number of fused-ring (bicyclic) bond motifs is 1. The van der Waals surface area contributed by atoms with Gasteiger partial charge in [-0.1, -0.05) is 12.1 Å². The van der Waals surface area contributed by atoms with Gasteiger partial charge in [0.1, 0.15) is 0 Å². The minimum Gasteiger partial charge on any atom is -0.360 e. The number of rotatable bonds is 2. The molecule has 1 aromatic carbocycles. The van der Waals surface area contributed by atoms with Gasteiger partial charge in [0.25, 0.3) is 0 Å². The number of benzene rings is 1. The minimum absolute atomic E-state index is 0.110. The molecule has 3 nitrogen and oxygen atoms in total. The summed E-state index contributed by atoms with van der Waals surface area (Å²) < 4.78 is 0. The van der Waals surface area contributed by atoms with Crippen LogP contribution in [0.3, 0.4) is 0 Å². The Morgan fingerprint density at radius 1 is 1.44 bits per heavy atom. The third kappa shape index (κ3) is 1.66. The van der Waals surface area contributed by atoms with E-state index in [-0.39, 0.29) is 5.91 Å². The van der Waals surface area contributed by atoms with Crippen LogP contribution in [0.2, 0.25) is 0 Å². The van der Waals surface area contributed by atoms with Crippen molar-refractivity contribution in [3.8, 4) is 0 Å². The lowest BCUT2D eigenvalue weighted by Crippen LogP contribution is -2.39. The van der Waals surface area contributed by atoms with E-state index < -0.39 is 0 Å². The van der Waals surface area contributed by atoms with Gasteiger partial charge in [-0.25, -0.2) is 0 Å². The monoisotopic (exact) mass is 216 g/mol. The van der Waals surface area contributed by atoms with Gasteiger partial charge < -0.3 is 10.2 Å². The summed E-state index contributed by atoms with van der Waals surface area (Å²) in [5, 5.41) is 2.94. The smallest absolute Gasteiger partial charge is 0.243 e. The molecule has 1 heterocycles. The maximum Gasteiger partial charge on any atom is 0.243 e. The van der Waals surface area contributed by atoms with Crippen molar-refractivity contribution in [2.45, 2.75) is 19.8 Å². The van der Waals surface area contributed by atoms with Crippen LogP contribution in [-0.2, 0) is 4.79 Å². The van der Waals surface area contributed by atoms with E-state index in [1.165, 1.54) is 24.1 Å². The molecule has 1 N–H and O–H groups in total. The van der Waals surface area contributed by atoms with E-state index in [0.29, 0.717) is 6.54 Å². The second-order valence-electron chi connectivity index (χ2n) is 4.84. The fourth-order valence-electron chi connectivity index (χ4n) is 2.39. The van der Waals surface area contributed by atoms with Gasteiger partial charge >= 0.3 is 0 Å². The third-order valence-corrected chi connectivity index (χ3v) is 3.34. The minimum atomic E-state index is 0.110. The fourth-order valence-corrected chi connectivity index (χ4v) is 2.39. The Hall–Kier alpha value is -1.51. The molecule has 3 heteroatoms. The van der Waals surface area contributed by atoms with Crippen molar-refractivity contribution in [1.82, 2.24) is 0 Å². The second kappa shape index (κ2) is 3.51. The van der Waals surface area contributed by atoms with E-state index in [1.54, 1.807) is 0 Å². The predicted molar refractivity (Wildman–Crippen MR) is 64.7 cm³/mol. The van der Waals surface area contributed by atoms with Crippen LogP contribution in [0.5, 0.6) is 0 Å². The summed E-state index contributed by atoms with van der Waals surface area (Å²) in [6, 6.07) is 6.09. The molecular formula is C13H16N2O. The Morgan fingerprint density at radius 3 is 3.00 bits per heavy atom. The first-order chi connectivity index (χ1) is 7.74. The number of amides is 1. The van der Waals surface area contributed by atoms with Crippen molar-refractivity contribution >= 4 is 17.3 Å². The summed E-state index contributed by atoms with van der Waals surface area (Å²) in [6.07, 6.45) is 2.64. The van der Waals surface area contributed by atoms with Crippen LogP contribution in [0.15, 0.2) is 18.2 Å². The van der Waals surface area contributed by atoms with Crippen molar-refractivity contribution < 1.29 is 4.79 Å². The van der Waals surface area contributed by atoms with Gasteiger partial charge in [-0.2, -0.15) is 0 Å². The lowest BCUT2D eigenvalue weighted by Gasteiger charge is -2.32. The molecule has 1 aliphatic carbocycles. The first kappa shape index (κ1) is 9.70. The van der Waals surface area contributed by atoms with E-state index in [2.05, 4.69) is 23.2 Å². The van der Waals surface area contributed by atoms with Gasteiger partial charge in [0.2, 0.25) is 5.91 Å². The normalized spacial score (nSPS) is 19.3. The zero-order valence-electron chi connectivity index (χ0n) is 9.49. The molecule has 0 spiro atoms. The zero-order chi connectivity index (χ0) is 11.1. The van der Waals surface area contributed by atoms with E-state index in [1.807, 2.05) is 12.1 Å². The average molecular weight is 216 g/mol. The second-order valence-corrected chi connectivity index (χ2v) is 4.84. The average Bonchev–Trinajstić information content (AvgIpc) is 3.01. The van der Waals surface area contributed by atoms with E-state index in [0.717, 1.165) is 18.2 Å². The molecule has 0 unspecified atom stereocenters. The highest BCUT2D eigenvalue weighted by atomic mass is 16.2. The third-order valence-electron chi connectivity index (χ3n) is 3.34. The fraction of sp³-hybridized carbons (Fsp3) is 0.462. The Labute approximate surface area is 95.4 Å². The topological polar surface area (TPSA) is 32.3 Å². The molecule has 84 valence electrons. The molecule has 1 fully saturated rings. The van der Waals surface area contributed by atoms with Crippen LogP contribution in [0.25, 0.3) is 0 Å². The maximum atomic E-state index is 11.6. The number of hydrogen-bond donors (Lipinski definition) is 1. The predicted octanol–water partition coefficient (Wildman–Crippen LogP) is 2.16. The highest BCUT2D eigenvalue weighted by Crippen LogP contribution is 2.37. The van der Waals surface area contributed by atoms with Crippen molar-refractivity contribution in [1.29, 1.82) is 0 Å². The number of para-hydroxylation sites is 1. The van der Waals surface area contributed by atoms with Crippen molar-refractivity contribution in [3.05, 3.63) is 23.8 Å². The van der Waals surface area contributed by atoms with Crippen molar-refractivity contribution in [2.75, 3.05) is 23.3 Å². The Bertz CT molecular complexity index is 438. The molecule has 0 bridgehead atoms. The van der Waals surface area contributed by atoms with E-state index in [4.69, 9.17) is 0 Å². The lowest BCUT2D eigenvalue weighted by molar-refractivity contribution is -0.115. The Kier molecular flexibility index (Phi) is 2.13. The molecule has 0 atom stereocenters. The lowest BCUT2D eigenvalue weighted by atomic mass is 10.1. The molecular weight excluding hydrogens is 200 g/mol. The van der Waals surface area contributed by atoms with E-state index in [9.17, 15) is 4.79 Å². The summed E-state index contributed by atoms with van der Waals surface area (Å²) in [6.45, 7) is 3.65. The van der Waals surface area contributed by atoms with Gasteiger partial charge in [0.15, 0.2) is 0 Å². The quantitative estimate of drug-likeness (QED) is 0.821. The Morgan fingerprint density at radius 2 is 2.25 bits per heavy atom. The van der Waals surface area contributed by atoms with E-state index >= 15 is 0 Å². The summed E-state index contributed by atoms with van der Waals surface area (Å²) in [4.78, 5) is 13.8. The number of aryl methyl sites for hydroxylation is 1. The summed E-state index contributed by atoms with van der Waals surface area (Å²) in [7, 11) is 0. The number of carbonyl (C=O) groups excluding carboxylic acids is 1. The molecule has 2 aliphatic rings. The first-order valence-electron chi connectivity index (χ1n) is 5.88. The summed E-state index contributed by atoms with van der Waals surface area (Å²) >= 11 is 0. The first-order valence-corrected chi connectivity index (χ1v) is 5.88. The van der Waals surface area contributed by atoms with Crippen LogP contribution in [0.4, 0.5) is 11.4 Å². The van der Waals surface area contributed by atoms with Gasteiger partial charge in [-0.05, 0) is 37.3 Å². The van der Waals surface area contributed by atoms with Crippen molar-refractivity contribution in [2.24, 2.45) is 5.92 Å². The van der Waals surface area contributed by atoms with Gasteiger partial charge in [-0.15, -0.1) is 0 Å². The van der Waals surface area contributed by atoms with Gasteiger partial charge in [-0.3, -0.25) is 4.79 Å². The summed E-state index contributed by atoms with van der Waals surface area (Å²) in [5.41, 5.74) is 3.43. The van der Waals surface area contributed by atoms with Gasteiger partial charge in [0, 0.05) is 6.54 Å². The standard InChI is InChI=1S/C13H16N2O/c1-9-3-2-4-11-13(9)15(7-10-5-6-10)8-12(16)14-11/h2-4,10H,5-8H2,1H3,(H,14,16). The van der Waals surface area contributed by atoms with Crippen molar-refractivity contribution in [3.63, 3.8) is 0 Å². The molecule has 0 aromatic heterocycles. The zero-order valence-corrected chi connectivity index (χ0v) is 9.49. The largest absolute Gasteiger partial charge is 0.360 e. The van der Waals surface area contributed by atoms with Crippen LogP contribution in [0.1, 0.15) is 18.4 Å².